The van der Waals surface area contributed by atoms with Crippen LogP contribution in [-0.4, -0.2) is 4.57 Å². The zero-order valence-electron chi connectivity index (χ0n) is 17.7. The molecule has 0 radical (unpaired) electrons. The third-order valence-electron chi connectivity index (χ3n) is 9.07. The highest BCUT2D eigenvalue weighted by molar-refractivity contribution is 7.19. The molecular formula is C26H30N2S. The van der Waals surface area contributed by atoms with Gasteiger partial charge in [0.2, 0.25) is 0 Å². The van der Waals surface area contributed by atoms with Crippen LogP contribution < -0.4 is 4.90 Å². The molecule has 1 atom stereocenters. The molecule has 2 nitrogen and oxygen atoms in total. The summed E-state index contributed by atoms with van der Waals surface area (Å²) >= 11 is 2.13. The number of aromatic nitrogens is 1. The predicted octanol–water partition coefficient (Wildman–Crippen LogP) is 6.78. The minimum absolute atomic E-state index is 0.234. The Morgan fingerprint density at radius 1 is 0.966 bits per heavy atom. The van der Waals surface area contributed by atoms with Crippen molar-refractivity contribution in [3.05, 3.63) is 52.5 Å². The van der Waals surface area contributed by atoms with Crippen molar-refractivity contribution < 1.29 is 0 Å². The zero-order valence-corrected chi connectivity index (χ0v) is 18.5. The molecule has 1 unspecified atom stereocenters. The fourth-order valence-electron chi connectivity index (χ4n) is 8.30. The van der Waals surface area contributed by atoms with Gasteiger partial charge in [0.05, 0.1) is 11.6 Å². The lowest BCUT2D eigenvalue weighted by atomic mass is 9.48. The Kier molecular flexibility index (Phi) is 3.22. The minimum atomic E-state index is 0.234. The molecule has 4 fully saturated rings. The summed E-state index contributed by atoms with van der Waals surface area (Å²) in [4.78, 5) is 6.16. The van der Waals surface area contributed by atoms with Crippen molar-refractivity contribution in [3.63, 3.8) is 0 Å². The summed E-state index contributed by atoms with van der Waals surface area (Å²) in [5.74, 6) is 3.65. The summed E-state index contributed by atoms with van der Waals surface area (Å²) in [5.41, 5.74) is 4.81. The molecule has 0 N–H and O–H groups in total. The SMILES string of the molecule is Cc1ccccc1N1C(C)c2c(sc3c2ccn3C)C12C1CC3CC(C1)CC2C3. The molecule has 0 amide bonds. The summed E-state index contributed by atoms with van der Waals surface area (Å²) in [7, 11) is 2.22. The molecule has 1 spiro atoms. The summed E-state index contributed by atoms with van der Waals surface area (Å²) < 4.78 is 2.35. The van der Waals surface area contributed by atoms with Gasteiger partial charge in [-0.1, -0.05) is 18.2 Å². The van der Waals surface area contributed by atoms with Gasteiger partial charge < -0.3 is 9.47 Å². The van der Waals surface area contributed by atoms with E-state index >= 15 is 0 Å². The van der Waals surface area contributed by atoms with Gasteiger partial charge in [0, 0.05) is 34.8 Å². The molecule has 150 valence electrons. The third-order valence-corrected chi connectivity index (χ3v) is 10.5. The normalized spacial score (nSPS) is 37.2. The van der Waals surface area contributed by atoms with Gasteiger partial charge in [-0.05, 0) is 87.3 Å². The van der Waals surface area contributed by atoms with E-state index in [1.807, 2.05) is 0 Å². The summed E-state index contributed by atoms with van der Waals surface area (Å²) in [6.07, 6.45) is 9.59. The highest BCUT2D eigenvalue weighted by atomic mass is 32.1. The third kappa shape index (κ3) is 1.90. The fraction of sp³-hybridized carbons (Fsp3) is 0.538. The summed E-state index contributed by atoms with van der Waals surface area (Å²) in [6, 6.07) is 12.0. The van der Waals surface area contributed by atoms with Crippen molar-refractivity contribution in [2.75, 3.05) is 4.90 Å². The van der Waals surface area contributed by atoms with E-state index in [1.165, 1.54) is 53.6 Å². The Hall–Kier alpha value is -1.74. The van der Waals surface area contributed by atoms with Gasteiger partial charge in [-0.15, -0.1) is 11.3 Å². The number of nitrogens with zero attached hydrogens (tertiary/aromatic N) is 2. The van der Waals surface area contributed by atoms with Crippen LogP contribution >= 0.6 is 11.3 Å². The zero-order chi connectivity index (χ0) is 19.5. The van der Waals surface area contributed by atoms with E-state index in [0.29, 0.717) is 6.04 Å². The molecular weight excluding hydrogens is 372 g/mol. The molecule has 8 rings (SSSR count). The molecule has 3 heterocycles. The average molecular weight is 403 g/mol. The maximum Gasteiger partial charge on any atom is 0.103 e. The first-order valence-electron chi connectivity index (χ1n) is 11.5. The number of benzene rings is 1. The van der Waals surface area contributed by atoms with E-state index in [-0.39, 0.29) is 5.54 Å². The maximum absolute atomic E-state index is 2.93. The molecule has 4 bridgehead atoms. The van der Waals surface area contributed by atoms with E-state index in [4.69, 9.17) is 0 Å². The largest absolute Gasteiger partial charge is 0.353 e. The van der Waals surface area contributed by atoms with Gasteiger partial charge >= 0.3 is 0 Å². The second-order valence-electron chi connectivity index (χ2n) is 10.5. The Morgan fingerprint density at radius 3 is 2.34 bits per heavy atom. The first-order valence-corrected chi connectivity index (χ1v) is 12.3. The molecule has 3 heteroatoms. The number of thiophene rings is 1. The molecule has 1 aliphatic heterocycles. The lowest BCUT2D eigenvalue weighted by molar-refractivity contribution is -0.0588. The molecule has 3 aromatic rings. The lowest BCUT2D eigenvalue weighted by Crippen LogP contribution is -2.62. The predicted molar refractivity (Wildman–Crippen MR) is 122 cm³/mol. The van der Waals surface area contributed by atoms with Crippen LogP contribution in [0.2, 0.25) is 0 Å². The number of aryl methyl sites for hydroxylation is 2. The number of anilines is 1. The van der Waals surface area contributed by atoms with Crippen LogP contribution in [0.4, 0.5) is 5.69 Å². The minimum Gasteiger partial charge on any atom is -0.353 e. The molecule has 1 aromatic carbocycles. The average Bonchev–Trinajstić information content (AvgIpc) is 3.31. The van der Waals surface area contributed by atoms with Crippen LogP contribution in [0, 0.1) is 30.6 Å². The fourth-order valence-corrected chi connectivity index (χ4v) is 9.97. The van der Waals surface area contributed by atoms with Gasteiger partial charge in [0.15, 0.2) is 0 Å². The summed E-state index contributed by atoms with van der Waals surface area (Å²) in [6.45, 7) is 4.81. The molecule has 4 aliphatic carbocycles. The topological polar surface area (TPSA) is 8.17 Å². The van der Waals surface area contributed by atoms with Crippen LogP contribution in [0.15, 0.2) is 36.5 Å². The van der Waals surface area contributed by atoms with Gasteiger partial charge in [-0.2, -0.15) is 0 Å². The second kappa shape index (κ2) is 5.49. The van der Waals surface area contributed by atoms with Crippen molar-refractivity contribution in [2.24, 2.45) is 30.7 Å². The van der Waals surface area contributed by atoms with E-state index in [2.05, 4.69) is 78.2 Å². The van der Waals surface area contributed by atoms with Gasteiger partial charge in [0.25, 0.3) is 0 Å². The molecule has 29 heavy (non-hydrogen) atoms. The van der Waals surface area contributed by atoms with Crippen LogP contribution in [0.25, 0.3) is 10.2 Å². The van der Waals surface area contributed by atoms with Crippen molar-refractivity contribution >= 4 is 27.2 Å². The van der Waals surface area contributed by atoms with Crippen LogP contribution in [-0.2, 0) is 12.6 Å². The van der Waals surface area contributed by atoms with Crippen molar-refractivity contribution in [3.8, 4) is 0 Å². The van der Waals surface area contributed by atoms with Gasteiger partial charge in [-0.3, -0.25) is 0 Å². The Labute approximate surface area is 177 Å². The van der Waals surface area contributed by atoms with Crippen molar-refractivity contribution in [1.29, 1.82) is 0 Å². The summed E-state index contributed by atoms with van der Waals surface area (Å²) in [5, 5.41) is 1.52. The number of hydrogen-bond donors (Lipinski definition) is 0. The quantitative estimate of drug-likeness (QED) is 0.435. The van der Waals surface area contributed by atoms with Crippen molar-refractivity contribution in [1.82, 2.24) is 4.57 Å². The van der Waals surface area contributed by atoms with E-state index in [9.17, 15) is 0 Å². The lowest BCUT2D eigenvalue weighted by Gasteiger charge is -2.63. The molecule has 5 aliphatic rings. The Balaban J connectivity index is 1.54. The highest BCUT2D eigenvalue weighted by Gasteiger charge is 2.65. The smallest absolute Gasteiger partial charge is 0.103 e. The van der Waals surface area contributed by atoms with Crippen LogP contribution in [0.1, 0.15) is 61.1 Å². The highest BCUT2D eigenvalue weighted by Crippen LogP contribution is 2.70. The number of hydrogen-bond acceptors (Lipinski definition) is 2. The second-order valence-corrected chi connectivity index (χ2v) is 11.5. The van der Waals surface area contributed by atoms with Crippen LogP contribution in [0.5, 0.6) is 0 Å². The molecule has 2 aromatic heterocycles. The van der Waals surface area contributed by atoms with E-state index < -0.39 is 0 Å². The maximum atomic E-state index is 2.93. The van der Waals surface area contributed by atoms with E-state index in [1.54, 1.807) is 10.4 Å². The number of fused-ring (bicyclic) bond motifs is 3. The van der Waals surface area contributed by atoms with Gasteiger partial charge in [0.1, 0.15) is 4.83 Å². The van der Waals surface area contributed by atoms with E-state index in [0.717, 1.165) is 23.7 Å². The standard InChI is InChI=1S/C26H30N2S/c1-15-6-4-5-7-22(15)28-16(2)23-21-8-9-27(3)25(21)29-24(23)26(28)19-11-17-10-18(13-19)14-20(26)12-17/h4-9,16-20H,10-14H2,1-3H3. The van der Waals surface area contributed by atoms with Gasteiger partial charge in [-0.25, -0.2) is 0 Å². The first-order chi connectivity index (χ1) is 14.1. The molecule has 4 saturated carbocycles. The Morgan fingerprint density at radius 2 is 1.66 bits per heavy atom. The first kappa shape index (κ1) is 17.0. The number of para-hydroxylation sites is 1. The number of rotatable bonds is 1. The van der Waals surface area contributed by atoms with Crippen molar-refractivity contribution in [2.45, 2.75) is 57.5 Å². The monoisotopic (exact) mass is 402 g/mol. The Bertz CT molecular complexity index is 1110. The van der Waals surface area contributed by atoms with Crippen LogP contribution in [0.3, 0.4) is 0 Å². The molecule has 0 saturated heterocycles.